The molecule has 0 radical (unpaired) electrons. The highest BCUT2D eigenvalue weighted by molar-refractivity contribution is 5.97. The van der Waals surface area contributed by atoms with Crippen LogP contribution in [-0.4, -0.2) is 44.2 Å². The van der Waals surface area contributed by atoms with E-state index in [0.29, 0.717) is 43.4 Å². The van der Waals surface area contributed by atoms with Crippen molar-refractivity contribution in [3.05, 3.63) is 23.8 Å². The van der Waals surface area contributed by atoms with Gasteiger partial charge in [-0.15, -0.1) is 0 Å². The number of carbonyl (C=O) groups excluding carboxylic acids is 1. The van der Waals surface area contributed by atoms with Gasteiger partial charge in [0.25, 0.3) is 5.91 Å². The van der Waals surface area contributed by atoms with Crippen molar-refractivity contribution in [1.29, 1.82) is 0 Å². The molecule has 1 aromatic rings. The second-order valence-corrected chi connectivity index (χ2v) is 4.22. The lowest BCUT2D eigenvalue weighted by molar-refractivity contribution is 0.0797. The van der Waals surface area contributed by atoms with E-state index in [0.717, 1.165) is 6.42 Å². The lowest BCUT2D eigenvalue weighted by Gasteiger charge is -2.12. The standard InChI is InChI=1S/C13H18N2O3/c1-15-6-8-18-12-9-10(17-7-2-5-14)3-4-11(12)13(15)16/h3-4,9H,2,5-8,14H2,1H3. The van der Waals surface area contributed by atoms with Crippen molar-refractivity contribution in [2.24, 2.45) is 5.73 Å². The smallest absolute Gasteiger partial charge is 0.257 e. The minimum Gasteiger partial charge on any atom is -0.493 e. The summed E-state index contributed by atoms with van der Waals surface area (Å²) in [5.41, 5.74) is 5.99. The van der Waals surface area contributed by atoms with Gasteiger partial charge in [0.05, 0.1) is 18.7 Å². The summed E-state index contributed by atoms with van der Waals surface area (Å²) >= 11 is 0. The molecule has 5 heteroatoms. The van der Waals surface area contributed by atoms with Crippen LogP contribution in [0.4, 0.5) is 0 Å². The van der Waals surface area contributed by atoms with E-state index in [1.807, 2.05) is 0 Å². The molecule has 0 spiro atoms. The lowest BCUT2D eigenvalue weighted by atomic mass is 10.1. The molecule has 1 aliphatic heterocycles. The van der Waals surface area contributed by atoms with E-state index in [1.54, 1.807) is 30.1 Å². The number of ether oxygens (including phenoxy) is 2. The summed E-state index contributed by atoms with van der Waals surface area (Å²) in [4.78, 5) is 13.7. The Morgan fingerprint density at radius 2 is 2.33 bits per heavy atom. The number of benzene rings is 1. The van der Waals surface area contributed by atoms with Crippen molar-refractivity contribution < 1.29 is 14.3 Å². The molecule has 1 amide bonds. The average Bonchev–Trinajstić information content (AvgIpc) is 2.51. The van der Waals surface area contributed by atoms with Gasteiger partial charge in [0.2, 0.25) is 0 Å². The predicted molar refractivity (Wildman–Crippen MR) is 68.1 cm³/mol. The zero-order valence-corrected chi connectivity index (χ0v) is 10.5. The Hall–Kier alpha value is -1.75. The largest absolute Gasteiger partial charge is 0.493 e. The number of amides is 1. The summed E-state index contributed by atoms with van der Waals surface area (Å²) in [7, 11) is 1.77. The third-order valence-corrected chi connectivity index (χ3v) is 2.83. The highest BCUT2D eigenvalue weighted by Crippen LogP contribution is 2.27. The van der Waals surface area contributed by atoms with Crippen LogP contribution in [0.5, 0.6) is 11.5 Å². The Kier molecular flexibility index (Phi) is 4.04. The Labute approximate surface area is 106 Å². The number of fused-ring (bicyclic) bond motifs is 1. The first-order valence-electron chi connectivity index (χ1n) is 6.07. The summed E-state index contributed by atoms with van der Waals surface area (Å²) in [6.45, 7) is 2.27. The van der Waals surface area contributed by atoms with E-state index < -0.39 is 0 Å². The lowest BCUT2D eigenvalue weighted by Crippen LogP contribution is -2.27. The summed E-state index contributed by atoms with van der Waals surface area (Å²) in [6, 6.07) is 5.30. The number of nitrogens with zero attached hydrogens (tertiary/aromatic N) is 1. The van der Waals surface area contributed by atoms with Crippen LogP contribution in [-0.2, 0) is 0 Å². The van der Waals surface area contributed by atoms with Crippen molar-refractivity contribution in [1.82, 2.24) is 4.90 Å². The van der Waals surface area contributed by atoms with Gasteiger partial charge >= 0.3 is 0 Å². The van der Waals surface area contributed by atoms with Crippen LogP contribution in [0, 0.1) is 0 Å². The number of hydrogen-bond donors (Lipinski definition) is 1. The third kappa shape index (κ3) is 2.73. The van der Waals surface area contributed by atoms with Crippen molar-refractivity contribution in [2.75, 3.05) is 33.4 Å². The van der Waals surface area contributed by atoms with E-state index in [9.17, 15) is 4.79 Å². The van der Waals surface area contributed by atoms with Crippen LogP contribution < -0.4 is 15.2 Å². The van der Waals surface area contributed by atoms with E-state index in [4.69, 9.17) is 15.2 Å². The molecule has 0 unspecified atom stereocenters. The average molecular weight is 250 g/mol. The Balaban J connectivity index is 2.16. The molecular weight excluding hydrogens is 232 g/mol. The predicted octanol–water partition coefficient (Wildman–Crippen LogP) is 0.879. The van der Waals surface area contributed by atoms with Crippen molar-refractivity contribution in [3.8, 4) is 11.5 Å². The second kappa shape index (κ2) is 5.73. The minimum atomic E-state index is -0.0176. The number of likely N-dealkylation sites (N-methyl/N-ethyl adjacent to an activating group) is 1. The molecule has 1 heterocycles. The van der Waals surface area contributed by atoms with Crippen molar-refractivity contribution >= 4 is 5.91 Å². The van der Waals surface area contributed by atoms with Crippen LogP contribution in [0.25, 0.3) is 0 Å². The fourth-order valence-electron chi connectivity index (χ4n) is 1.76. The molecule has 0 aliphatic carbocycles. The topological polar surface area (TPSA) is 64.8 Å². The maximum Gasteiger partial charge on any atom is 0.257 e. The second-order valence-electron chi connectivity index (χ2n) is 4.22. The molecule has 0 saturated heterocycles. The normalized spacial score (nSPS) is 14.8. The molecule has 2 N–H and O–H groups in total. The third-order valence-electron chi connectivity index (χ3n) is 2.83. The van der Waals surface area contributed by atoms with Gasteiger partial charge in [-0.2, -0.15) is 0 Å². The molecule has 5 nitrogen and oxygen atoms in total. The molecule has 0 aromatic heterocycles. The van der Waals surface area contributed by atoms with Crippen molar-refractivity contribution in [3.63, 3.8) is 0 Å². The van der Waals surface area contributed by atoms with Crippen molar-refractivity contribution in [2.45, 2.75) is 6.42 Å². The van der Waals surface area contributed by atoms with E-state index >= 15 is 0 Å². The fourth-order valence-corrected chi connectivity index (χ4v) is 1.76. The Morgan fingerprint density at radius 1 is 1.50 bits per heavy atom. The Bertz CT molecular complexity index is 434. The van der Waals surface area contributed by atoms with E-state index in [2.05, 4.69) is 0 Å². The molecule has 1 aliphatic rings. The molecule has 2 rings (SSSR count). The molecule has 1 aromatic carbocycles. The van der Waals surface area contributed by atoms with E-state index in [1.165, 1.54) is 0 Å². The number of rotatable bonds is 4. The number of hydrogen-bond acceptors (Lipinski definition) is 4. The molecule has 98 valence electrons. The highest BCUT2D eigenvalue weighted by atomic mass is 16.5. The molecule has 0 saturated carbocycles. The summed E-state index contributed by atoms with van der Waals surface area (Å²) in [6.07, 6.45) is 0.805. The minimum absolute atomic E-state index is 0.0176. The molecule has 18 heavy (non-hydrogen) atoms. The molecule has 0 bridgehead atoms. The van der Waals surface area contributed by atoms with Gasteiger partial charge < -0.3 is 20.1 Å². The van der Waals surface area contributed by atoms with Crippen LogP contribution >= 0.6 is 0 Å². The summed E-state index contributed by atoms with van der Waals surface area (Å²) in [5, 5.41) is 0. The molecule has 0 fully saturated rings. The zero-order chi connectivity index (χ0) is 13.0. The van der Waals surface area contributed by atoms with E-state index in [-0.39, 0.29) is 5.91 Å². The first-order valence-corrected chi connectivity index (χ1v) is 6.07. The van der Waals surface area contributed by atoms with Crippen LogP contribution in [0.1, 0.15) is 16.8 Å². The maximum absolute atomic E-state index is 12.0. The van der Waals surface area contributed by atoms with Crippen LogP contribution in [0.2, 0.25) is 0 Å². The van der Waals surface area contributed by atoms with Gasteiger partial charge in [-0.05, 0) is 25.1 Å². The van der Waals surface area contributed by atoms with Gasteiger partial charge in [0, 0.05) is 13.1 Å². The molecule has 0 atom stereocenters. The summed E-state index contributed by atoms with van der Waals surface area (Å²) < 4.78 is 11.1. The SMILES string of the molecule is CN1CCOc2cc(OCCCN)ccc2C1=O. The van der Waals surface area contributed by atoms with Gasteiger partial charge in [0.1, 0.15) is 18.1 Å². The maximum atomic E-state index is 12.0. The zero-order valence-electron chi connectivity index (χ0n) is 10.5. The first-order chi connectivity index (χ1) is 8.72. The monoisotopic (exact) mass is 250 g/mol. The Morgan fingerprint density at radius 3 is 3.11 bits per heavy atom. The highest BCUT2D eigenvalue weighted by Gasteiger charge is 2.21. The van der Waals surface area contributed by atoms with Crippen LogP contribution in [0.3, 0.4) is 0 Å². The van der Waals surface area contributed by atoms with Gasteiger partial charge in [-0.1, -0.05) is 0 Å². The summed E-state index contributed by atoms with van der Waals surface area (Å²) in [5.74, 6) is 1.28. The van der Waals surface area contributed by atoms with Gasteiger partial charge in [0.15, 0.2) is 0 Å². The number of nitrogens with two attached hydrogens (primary N) is 1. The number of carbonyl (C=O) groups is 1. The van der Waals surface area contributed by atoms with Gasteiger partial charge in [-0.3, -0.25) is 4.79 Å². The van der Waals surface area contributed by atoms with Crippen LogP contribution in [0.15, 0.2) is 18.2 Å². The molecular formula is C13H18N2O3. The fraction of sp³-hybridized carbons (Fsp3) is 0.462. The van der Waals surface area contributed by atoms with Gasteiger partial charge in [-0.25, -0.2) is 0 Å². The quantitative estimate of drug-likeness (QED) is 0.806. The first kappa shape index (κ1) is 12.7.